The minimum Gasteiger partial charge on any atom is -0.466 e. The predicted molar refractivity (Wildman–Crippen MR) is 107 cm³/mol. The van der Waals surface area contributed by atoms with E-state index in [-0.39, 0.29) is 24.3 Å². The molecular formula is C21H30N2O5. The largest absolute Gasteiger partial charge is 0.466 e. The van der Waals surface area contributed by atoms with Gasteiger partial charge >= 0.3 is 5.97 Å². The van der Waals surface area contributed by atoms with E-state index in [2.05, 4.69) is 5.32 Å². The van der Waals surface area contributed by atoms with E-state index in [0.29, 0.717) is 32.6 Å². The van der Waals surface area contributed by atoms with Gasteiger partial charge in [-0.2, -0.15) is 0 Å². The number of nitrogens with zero attached hydrogens (tertiary/aromatic N) is 1. The Balaban J connectivity index is 2.37. The number of nitrogens with one attached hydrogen (secondary N) is 1. The number of likely N-dealkylation sites (N-methyl/N-ethyl adjacent to an activating group) is 1. The molecule has 0 fully saturated rings. The molecule has 0 unspecified atom stereocenters. The molecule has 1 rings (SSSR count). The Kier molecular flexibility index (Phi) is 10.6. The van der Waals surface area contributed by atoms with Gasteiger partial charge in [0.15, 0.2) is 5.78 Å². The molecule has 0 saturated carbocycles. The number of ketones is 1. The summed E-state index contributed by atoms with van der Waals surface area (Å²) in [7, 11) is 3.49. The molecule has 0 bridgehead atoms. The molecule has 1 N–H and O–H groups in total. The summed E-state index contributed by atoms with van der Waals surface area (Å²) in [6.45, 7) is 4.29. The second-order valence-electron chi connectivity index (χ2n) is 6.53. The highest BCUT2D eigenvalue weighted by Crippen LogP contribution is 2.09. The third kappa shape index (κ3) is 9.87. The molecule has 7 nitrogen and oxygen atoms in total. The summed E-state index contributed by atoms with van der Waals surface area (Å²) in [6.07, 6.45) is 2.49. The number of hydrogen-bond acceptors (Lipinski definition) is 6. The maximum atomic E-state index is 12.1. The van der Waals surface area contributed by atoms with Crippen LogP contribution in [-0.2, 0) is 36.8 Å². The van der Waals surface area contributed by atoms with Crippen LogP contribution < -0.4 is 5.32 Å². The van der Waals surface area contributed by atoms with E-state index in [1.165, 1.54) is 6.92 Å². The summed E-state index contributed by atoms with van der Waals surface area (Å²) in [4.78, 5) is 36.2. The third-order valence-corrected chi connectivity index (χ3v) is 3.98. The smallest absolute Gasteiger partial charge is 0.302 e. The number of allylic oxidation sites excluding steroid dienone is 2. The van der Waals surface area contributed by atoms with Gasteiger partial charge in [-0.15, -0.1) is 0 Å². The van der Waals surface area contributed by atoms with Crippen molar-refractivity contribution in [2.24, 2.45) is 0 Å². The van der Waals surface area contributed by atoms with Gasteiger partial charge < -0.3 is 19.7 Å². The van der Waals surface area contributed by atoms with Gasteiger partial charge in [0.25, 0.3) is 0 Å². The van der Waals surface area contributed by atoms with E-state index in [9.17, 15) is 14.4 Å². The topological polar surface area (TPSA) is 84.9 Å². The fraction of sp³-hybridized carbons (Fsp3) is 0.476. The van der Waals surface area contributed by atoms with Crippen LogP contribution in [-0.4, -0.2) is 56.5 Å². The zero-order valence-electron chi connectivity index (χ0n) is 17.1. The summed E-state index contributed by atoms with van der Waals surface area (Å²) in [5, 5.41) is 2.92. The molecule has 0 aliphatic heterocycles. The van der Waals surface area contributed by atoms with Crippen LogP contribution in [0.15, 0.2) is 36.0 Å². The lowest BCUT2D eigenvalue weighted by molar-refractivity contribution is -0.142. The molecule has 0 heterocycles. The number of amides is 1. The highest BCUT2D eigenvalue weighted by Gasteiger charge is 2.10. The average molecular weight is 390 g/mol. The molecule has 0 spiro atoms. The van der Waals surface area contributed by atoms with Crippen molar-refractivity contribution in [3.63, 3.8) is 0 Å². The van der Waals surface area contributed by atoms with Gasteiger partial charge in [0.05, 0.1) is 13.2 Å². The first kappa shape index (κ1) is 23.4. The Morgan fingerprint density at radius 1 is 1.07 bits per heavy atom. The molecule has 1 amide bonds. The summed E-state index contributed by atoms with van der Waals surface area (Å²) < 4.78 is 10.1. The van der Waals surface area contributed by atoms with E-state index in [0.717, 1.165) is 16.8 Å². The normalized spacial score (nSPS) is 11.1. The van der Waals surface area contributed by atoms with Gasteiger partial charge in [-0.25, -0.2) is 0 Å². The Bertz CT molecular complexity index is 683. The second kappa shape index (κ2) is 12.7. The van der Waals surface area contributed by atoms with Crippen molar-refractivity contribution in [1.29, 1.82) is 0 Å². The van der Waals surface area contributed by atoms with Gasteiger partial charge in [-0.05, 0) is 18.1 Å². The first-order valence-corrected chi connectivity index (χ1v) is 9.23. The quantitative estimate of drug-likeness (QED) is 0.333. The molecule has 1 aromatic carbocycles. The predicted octanol–water partition coefficient (Wildman–Crippen LogP) is 1.85. The molecular weight excluding hydrogens is 360 g/mol. The first-order valence-electron chi connectivity index (χ1n) is 9.23. The summed E-state index contributed by atoms with van der Waals surface area (Å²) in [5.41, 5.74) is 2.73. The van der Waals surface area contributed by atoms with Crippen LogP contribution >= 0.6 is 0 Å². The lowest BCUT2D eigenvalue weighted by Gasteiger charge is -2.17. The molecule has 0 atom stereocenters. The minimum absolute atomic E-state index is 0.0136. The number of esters is 1. The molecule has 1 aromatic rings. The molecule has 28 heavy (non-hydrogen) atoms. The number of benzene rings is 1. The van der Waals surface area contributed by atoms with Gasteiger partial charge in [0.2, 0.25) is 5.91 Å². The Morgan fingerprint density at radius 3 is 2.32 bits per heavy atom. The Hall–Kier alpha value is -2.67. The van der Waals surface area contributed by atoms with Crippen LogP contribution in [0.5, 0.6) is 0 Å². The Morgan fingerprint density at radius 2 is 1.71 bits per heavy atom. The van der Waals surface area contributed by atoms with Crippen molar-refractivity contribution in [2.75, 3.05) is 33.9 Å². The molecule has 0 aliphatic rings. The molecule has 0 saturated heterocycles. The lowest BCUT2D eigenvalue weighted by atomic mass is 10.1. The molecule has 0 aromatic heterocycles. The van der Waals surface area contributed by atoms with E-state index < -0.39 is 0 Å². The zero-order valence-corrected chi connectivity index (χ0v) is 17.1. The van der Waals surface area contributed by atoms with Crippen molar-refractivity contribution in [3.8, 4) is 0 Å². The summed E-state index contributed by atoms with van der Waals surface area (Å²) in [5.74, 6) is -0.409. The number of carbonyl (C=O) groups is 3. The van der Waals surface area contributed by atoms with Crippen LogP contribution in [0.1, 0.15) is 31.4 Å². The molecule has 0 radical (unpaired) electrons. The fourth-order valence-electron chi connectivity index (χ4n) is 2.34. The van der Waals surface area contributed by atoms with E-state index in [1.54, 1.807) is 25.1 Å². The lowest BCUT2D eigenvalue weighted by Crippen LogP contribution is -2.30. The summed E-state index contributed by atoms with van der Waals surface area (Å²) in [6, 6.07) is 7.64. The minimum atomic E-state index is -0.323. The van der Waals surface area contributed by atoms with E-state index in [4.69, 9.17) is 9.47 Å². The fourth-order valence-corrected chi connectivity index (χ4v) is 2.34. The molecule has 0 aliphatic carbocycles. The van der Waals surface area contributed by atoms with E-state index in [1.807, 2.05) is 31.2 Å². The number of carbonyl (C=O) groups excluding carboxylic acids is 3. The van der Waals surface area contributed by atoms with Crippen LogP contribution in [0.25, 0.3) is 0 Å². The summed E-state index contributed by atoms with van der Waals surface area (Å²) >= 11 is 0. The number of ether oxygens (including phenoxy) is 2. The van der Waals surface area contributed by atoms with Crippen LogP contribution in [0, 0.1) is 0 Å². The molecule has 7 heteroatoms. The van der Waals surface area contributed by atoms with Crippen molar-refractivity contribution in [3.05, 3.63) is 47.2 Å². The Labute approximate surface area is 166 Å². The first-order chi connectivity index (χ1) is 13.3. The highest BCUT2D eigenvalue weighted by molar-refractivity contribution is 5.91. The average Bonchev–Trinajstić information content (AvgIpc) is 2.65. The van der Waals surface area contributed by atoms with Gasteiger partial charge in [-0.1, -0.05) is 24.3 Å². The van der Waals surface area contributed by atoms with Crippen molar-refractivity contribution in [1.82, 2.24) is 10.2 Å². The van der Waals surface area contributed by atoms with Crippen molar-refractivity contribution >= 4 is 17.7 Å². The SMILES string of the molecule is CN/C(C)=C\C(=O)Cc1ccc(CN(C)C(=O)COCCCOC(C)=O)cc1. The van der Waals surface area contributed by atoms with Crippen LogP contribution in [0.2, 0.25) is 0 Å². The third-order valence-electron chi connectivity index (χ3n) is 3.98. The maximum absolute atomic E-state index is 12.1. The second-order valence-corrected chi connectivity index (χ2v) is 6.53. The van der Waals surface area contributed by atoms with Crippen molar-refractivity contribution < 1.29 is 23.9 Å². The number of rotatable bonds is 12. The van der Waals surface area contributed by atoms with Gasteiger partial charge in [0, 0.05) is 52.2 Å². The van der Waals surface area contributed by atoms with E-state index >= 15 is 0 Å². The standard InChI is InChI=1S/C21H30N2O5/c1-16(22-3)12-20(25)13-18-6-8-19(9-7-18)14-23(4)21(26)15-27-10-5-11-28-17(2)24/h6-9,12,22H,5,10-11,13-15H2,1-4H3/b16-12-. The number of hydrogen-bond donors (Lipinski definition) is 1. The monoisotopic (exact) mass is 390 g/mol. The zero-order chi connectivity index (χ0) is 20.9. The van der Waals surface area contributed by atoms with Gasteiger partial charge in [0.1, 0.15) is 6.61 Å². The van der Waals surface area contributed by atoms with Crippen molar-refractivity contribution in [2.45, 2.75) is 33.2 Å². The highest BCUT2D eigenvalue weighted by atomic mass is 16.5. The van der Waals surface area contributed by atoms with Gasteiger partial charge in [-0.3, -0.25) is 14.4 Å². The molecule has 154 valence electrons. The van der Waals surface area contributed by atoms with Crippen LogP contribution in [0.4, 0.5) is 0 Å². The maximum Gasteiger partial charge on any atom is 0.302 e. The van der Waals surface area contributed by atoms with Crippen LogP contribution in [0.3, 0.4) is 0 Å².